The van der Waals surface area contributed by atoms with Crippen LogP contribution in [0.2, 0.25) is 10.0 Å². The fourth-order valence-electron chi connectivity index (χ4n) is 2.71. The smallest absolute Gasteiger partial charge is 0.247 e. The molecule has 3 aromatic rings. The van der Waals surface area contributed by atoms with Crippen molar-refractivity contribution in [3.63, 3.8) is 0 Å². The highest BCUT2D eigenvalue weighted by molar-refractivity contribution is 6.42. The molecule has 0 atom stereocenters. The van der Waals surface area contributed by atoms with E-state index < -0.39 is 0 Å². The number of amides is 1. The first-order valence-corrected chi connectivity index (χ1v) is 9.37. The summed E-state index contributed by atoms with van der Waals surface area (Å²) in [5.74, 6) is -0.0613. The van der Waals surface area contributed by atoms with Gasteiger partial charge >= 0.3 is 0 Å². The molecule has 3 aromatic carbocycles. The Morgan fingerprint density at radius 2 is 1.33 bits per heavy atom. The topological polar surface area (TPSA) is 20.3 Å². The minimum Gasteiger partial charge on any atom is -0.331 e. The molecule has 0 saturated carbocycles. The molecular formula is C23H19Cl2NO. The van der Waals surface area contributed by atoms with Gasteiger partial charge in [-0.25, -0.2) is 0 Å². The van der Waals surface area contributed by atoms with Crippen LogP contribution in [0.3, 0.4) is 0 Å². The van der Waals surface area contributed by atoms with Crippen LogP contribution in [0.25, 0.3) is 6.08 Å². The molecule has 0 spiro atoms. The van der Waals surface area contributed by atoms with Crippen molar-refractivity contribution in [2.45, 2.75) is 13.1 Å². The zero-order valence-electron chi connectivity index (χ0n) is 14.7. The summed E-state index contributed by atoms with van der Waals surface area (Å²) in [6, 6.07) is 25.2. The number of hydrogen-bond acceptors (Lipinski definition) is 1. The highest BCUT2D eigenvalue weighted by Gasteiger charge is 2.12. The highest BCUT2D eigenvalue weighted by Crippen LogP contribution is 2.23. The molecule has 0 aliphatic rings. The quantitative estimate of drug-likeness (QED) is 0.452. The largest absolute Gasteiger partial charge is 0.331 e. The van der Waals surface area contributed by atoms with E-state index in [1.807, 2.05) is 71.6 Å². The van der Waals surface area contributed by atoms with Crippen LogP contribution in [0.4, 0.5) is 0 Å². The molecule has 0 aliphatic carbocycles. The second kappa shape index (κ2) is 9.40. The van der Waals surface area contributed by atoms with Gasteiger partial charge in [0.1, 0.15) is 0 Å². The summed E-state index contributed by atoms with van der Waals surface area (Å²) in [7, 11) is 0. The van der Waals surface area contributed by atoms with Crippen LogP contribution in [0.1, 0.15) is 16.7 Å². The van der Waals surface area contributed by atoms with E-state index in [9.17, 15) is 4.79 Å². The third kappa shape index (κ3) is 5.72. The number of benzene rings is 3. The SMILES string of the molecule is O=C(C=Cc1ccc(Cl)c(Cl)c1)N(Cc1ccccc1)Cc1ccccc1. The minimum absolute atomic E-state index is 0.0613. The Balaban J connectivity index is 1.78. The van der Waals surface area contributed by atoms with Gasteiger partial charge in [0.2, 0.25) is 5.91 Å². The lowest BCUT2D eigenvalue weighted by Gasteiger charge is -2.21. The Labute approximate surface area is 169 Å². The van der Waals surface area contributed by atoms with Crippen molar-refractivity contribution >= 4 is 35.2 Å². The van der Waals surface area contributed by atoms with Crippen LogP contribution in [-0.2, 0) is 17.9 Å². The van der Waals surface area contributed by atoms with Crippen LogP contribution in [-0.4, -0.2) is 10.8 Å². The van der Waals surface area contributed by atoms with Crippen LogP contribution < -0.4 is 0 Å². The lowest BCUT2D eigenvalue weighted by atomic mass is 10.1. The van der Waals surface area contributed by atoms with E-state index in [0.717, 1.165) is 16.7 Å². The molecule has 27 heavy (non-hydrogen) atoms. The van der Waals surface area contributed by atoms with Gasteiger partial charge in [-0.2, -0.15) is 0 Å². The fourth-order valence-corrected chi connectivity index (χ4v) is 3.01. The summed E-state index contributed by atoms with van der Waals surface area (Å²) >= 11 is 12.0. The third-order valence-electron chi connectivity index (χ3n) is 4.11. The van der Waals surface area contributed by atoms with Crippen molar-refractivity contribution in [1.29, 1.82) is 0 Å². The summed E-state index contributed by atoms with van der Waals surface area (Å²) in [6.07, 6.45) is 3.33. The Morgan fingerprint density at radius 1 is 0.778 bits per heavy atom. The molecule has 0 bridgehead atoms. The van der Waals surface area contributed by atoms with Crippen molar-refractivity contribution < 1.29 is 4.79 Å². The van der Waals surface area contributed by atoms with Gasteiger partial charge in [0.05, 0.1) is 10.0 Å². The monoisotopic (exact) mass is 395 g/mol. The molecule has 4 heteroatoms. The number of rotatable bonds is 6. The van der Waals surface area contributed by atoms with Crippen LogP contribution in [0, 0.1) is 0 Å². The first kappa shape index (κ1) is 19.2. The summed E-state index contributed by atoms with van der Waals surface area (Å²) in [4.78, 5) is 14.7. The highest BCUT2D eigenvalue weighted by atomic mass is 35.5. The van der Waals surface area contributed by atoms with E-state index in [4.69, 9.17) is 23.2 Å². The molecule has 2 nitrogen and oxygen atoms in total. The average Bonchev–Trinajstić information content (AvgIpc) is 2.70. The molecule has 0 unspecified atom stereocenters. The number of hydrogen-bond donors (Lipinski definition) is 0. The molecular weight excluding hydrogens is 377 g/mol. The van der Waals surface area contributed by atoms with E-state index in [1.54, 1.807) is 24.3 Å². The van der Waals surface area contributed by atoms with E-state index in [1.165, 1.54) is 0 Å². The second-order valence-corrected chi connectivity index (χ2v) is 6.99. The molecule has 0 saturated heterocycles. The van der Waals surface area contributed by atoms with E-state index in [-0.39, 0.29) is 5.91 Å². The Hall–Kier alpha value is -2.55. The number of carbonyl (C=O) groups excluding carboxylic acids is 1. The van der Waals surface area contributed by atoms with Gasteiger partial charge in [0.25, 0.3) is 0 Å². The summed E-state index contributed by atoms with van der Waals surface area (Å²) < 4.78 is 0. The minimum atomic E-state index is -0.0613. The summed E-state index contributed by atoms with van der Waals surface area (Å²) in [6.45, 7) is 1.08. The maximum Gasteiger partial charge on any atom is 0.247 e. The first-order valence-electron chi connectivity index (χ1n) is 8.62. The number of halogens is 2. The second-order valence-electron chi connectivity index (χ2n) is 6.17. The fraction of sp³-hybridized carbons (Fsp3) is 0.0870. The van der Waals surface area contributed by atoms with E-state index in [0.29, 0.717) is 23.1 Å². The average molecular weight is 396 g/mol. The van der Waals surface area contributed by atoms with Gasteiger partial charge in [-0.3, -0.25) is 4.79 Å². The predicted molar refractivity (Wildman–Crippen MR) is 113 cm³/mol. The lowest BCUT2D eigenvalue weighted by molar-refractivity contribution is -0.127. The predicted octanol–water partition coefficient (Wildman–Crippen LogP) is 6.24. The molecule has 3 rings (SSSR count). The summed E-state index contributed by atoms with van der Waals surface area (Å²) in [5.41, 5.74) is 3.01. The first-order chi connectivity index (χ1) is 13.1. The molecule has 136 valence electrons. The van der Waals surface area contributed by atoms with Gasteiger partial charge in [-0.05, 0) is 34.9 Å². The standard InChI is InChI=1S/C23H19Cl2NO/c24-21-13-11-18(15-22(21)25)12-14-23(27)26(16-19-7-3-1-4-8-19)17-20-9-5-2-6-10-20/h1-15H,16-17H2. The Kier molecular flexibility index (Phi) is 6.69. The molecule has 1 amide bonds. The Morgan fingerprint density at radius 3 is 1.85 bits per heavy atom. The third-order valence-corrected chi connectivity index (χ3v) is 4.85. The zero-order valence-corrected chi connectivity index (χ0v) is 16.2. The molecule has 0 aromatic heterocycles. The maximum atomic E-state index is 12.9. The lowest BCUT2D eigenvalue weighted by Crippen LogP contribution is -2.28. The zero-order chi connectivity index (χ0) is 19.1. The normalized spacial score (nSPS) is 10.9. The van der Waals surface area contributed by atoms with Crippen molar-refractivity contribution in [1.82, 2.24) is 4.90 Å². The van der Waals surface area contributed by atoms with Crippen molar-refractivity contribution in [2.75, 3.05) is 0 Å². The van der Waals surface area contributed by atoms with Crippen LogP contribution in [0.5, 0.6) is 0 Å². The molecule has 0 N–H and O–H groups in total. The van der Waals surface area contributed by atoms with Crippen molar-refractivity contribution in [3.8, 4) is 0 Å². The summed E-state index contributed by atoms with van der Waals surface area (Å²) in [5, 5.41) is 0.964. The number of carbonyl (C=O) groups is 1. The maximum absolute atomic E-state index is 12.9. The van der Waals surface area contributed by atoms with Gasteiger partial charge in [-0.15, -0.1) is 0 Å². The van der Waals surface area contributed by atoms with Crippen LogP contribution >= 0.6 is 23.2 Å². The van der Waals surface area contributed by atoms with Gasteiger partial charge in [-0.1, -0.05) is 89.9 Å². The van der Waals surface area contributed by atoms with E-state index >= 15 is 0 Å². The number of nitrogens with zero attached hydrogens (tertiary/aromatic N) is 1. The van der Waals surface area contributed by atoms with Gasteiger partial charge < -0.3 is 4.90 Å². The molecule has 0 aliphatic heterocycles. The molecule has 0 radical (unpaired) electrons. The van der Waals surface area contributed by atoms with Gasteiger partial charge in [0, 0.05) is 19.2 Å². The van der Waals surface area contributed by atoms with Crippen LogP contribution in [0.15, 0.2) is 84.9 Å². The molecule has 0 fully saturated rings. The van der Waals surface area contributed by atoms with E-state index in [2.05, 4.69) is 0 Å². The van der Waals surface area contributed by atoms with Crippen molar-refractivity contribution in [2.24, 2.45) is 0 Å². The molecule has 0 heterocycles. The van der Waals surface area contributed by atoms with Gasteiger partial charge in [0.15, 0.2) is 0 Å². The van der Waals surface area contributed by atoms with Crippen molar-refractivity contribution in [3.05, 3.63) is 112 Å². The Bertz CT molecular complexity index is 882.